The number of carbonyl (C=O) groups excluding carboxylic acids is 1. The van der Waals surface area contributed by atoms with E-state index in [0.29, 0.717) is 11.3 Å². The molecule has 0 aliphatic heterocycles. The van der Waals surface area contributed by atoms with Crippen LogP contribution >= 0.6 is 0 Å². The first kappa shape index (κ1) is 14.7. The fourth-order valence-electron chi connectivity index (χ4n) is 2.00. The number of aryl methyl sites for hydroxylation is 1. The van der Waals surface area contributed by atoms with Crippen molar-refractivity contribution in [3.05, 3.63) is 59.9 Å². The molecule has 0 radical (unpaired) electrons. The summed E-state index contributed by atoms with van der Waals surface area (Å²) in [4.78, 5) is 28.8. The molecule has 0 fully saturated rings. The van der Waals surface area contributed by atoms with Crippen molar-refractivity contribution in [2.24, 2.45) is 0 Å². The van der Waals surface area contributed by atoms with E-state index in [1.54, 1.807) is 30.6 Å². The van der Waals surface area contributed by atoms with Crippen molar-refractivity contribution in [2.75, 3.05) is 11.4 Å². The lowest BCUT2D eigenvalue weighted by Gasteiger charge is -2.22. The number of hydrogen-bond acceptors (Lipinski definition) is 3. The van der Waals surface area contributed by atoms with E-state index in [2.05, 4.69) is 4.98 Å². The molecule has 0 saturated heterocycles. The van der Waals surface area contributed by atoms with Crippen molar-refractivity contribution in [2.45, 2.75) is 13.3 Å². The topological polar surface area (TPSA) is 70.5 Å². The Morgan fingerprint density at radius 1 is 1.19 bits per heavy atom. The van der Waals surface area contributed by atoms with E-state index in [0.717, 1.165) is 5.56 Å². The third-order valence-corrected chi connectivity index (χ3v) is 3.04. The first-order valence-electron chi connectivity index (χ1n) is 6.58. The fraction of sp³-hybridized carbons (Fsp3) is 0.188. The Balaban J connectivity index is 2.32. The number of rotatable bonds is 5. The molecule has 5 heteroatoms. The number of amides is 1. The van der Waals surface area contributed by atoms with Gasteiger partial charge in [-0.1, -0.05) is 12.1 Å². The van der Waals surface area contributed by atoms with Gasteiger partial charge in [0, 0.05) is 30.2 Å². The van der Waals surface area contributed by atoms with E-state index in [4.69, 9.17) is 5.11 Å². The predicted octanol–water partition coefficient (Wildman–Crippen LogP) is 2.51. The standard InChI is InChI=1S/C16H16N2O3/c1-12-3-2-4-14(11-12)18(10-7-15(19)20)16(21)13-5-8-17-9-6-13/h2-6,8-9,11H,7,10H2,1H3,(H,19,20). The van der Waals surface area contributed by atoms with Gasteiger partial charge in [0.05, 0.1) is 6.42 Å². The van der Waals surface area contributed by atoms with E-state index in [9.17, 15) is 9.59 Å². The SMILES string of the molecule is Cc1cccc(N(CCC(=O)O)C(=O)c2ccncc2)c1. The number of aliphatic carboxylic acids is 1. The third kappa shape index (κ3) is 3.89. The minimum absolute atomic E-state index is 0.106. The van der Waals surface area contributed by atoms with Crippen molar-refractivity contribution in [3.8, 4) is 0 Å². The van der Waals surface area contributed by atoms with Crippen LogP contribution in [-0.2, 0) is 4.79 Å². The van der Waals surface area contributed by atoms with Crippen LogP contribution in [0.25, 0.3) is 0 Å². The van der Waals surface area contributed by atoms with Crippen LogP contribution in [0.1, 0.15) is 22.3 Å². The summed E-state index contributed by atoms with van der Waals surface area (Å²) in [5.74, 6) is -1.17. The monoisotopic (exact) mass is 284 g/mol. The molecule has 2 rings (SSSR count). The molecule has 2 aromatic rings. The van der Waals surface area contributed by atoms with Crippen molar-refractivity contribution < 1.29 is 14.7 Å². The Morgan fingerprint density at radius 3 is 2.52 bits per heavy atom. The molecule has 21 heavy (non-hydrogen) atoms. The van der Waals surface area contributed by atoms with Gasteiger partial charge in [-0.05, 0) is 36.8 Å². The maximum atomic E-state index is 12.6. The highest BCUT2D eigenvalue weighted by atomic mass is 16.4. The summed E-state index contributed by atoms with van der Waals surface area (Å²) in [5.41, 5.74) is 2.19. The van der Waals surface area contributed by atoms with Crippen LogP contribution in [0.5, 0.6) is 0 Å². The van der Waals surface area contributed by atoms with Gasteiger partial charge >= 0.3 is 5.97 Å². The Kier molecular flexibility index (Phi) is 4.66. The Hall–Kier alpha value is -2.69. The molecule has 1 amide bonds. The molecule has 0 unspecified atom stereocenters. The average Bonchev–Trinajstić information content (AvgIpc) is 2.48. The van der Waals surface area contributed by atoms with E-state index >= 15 is 0 Å². The second kappa shape index (κ2) is 6.65. The summed E-state index contributed by atoms with van der Waals surface area (Å²) in [6, 6.07) is 10.7. The zero-order valence-electron chi connectivity index (χ0n) is 11.7. The lowest BCUT2D eigenvalue weighted by Crippen LogP contribution is -2.33. The third-order valence-electron chi connectivity index (χ3n) is 3.04. The van der Waals surface area contributed by atoms with E-state index in [1.165, 1.54) is 4.90 Å². The Morgan fingerprint density at radius 2 is 1.90 bits per heavy atom. The highest BCUT2D eigenvalue weighted by molar-refractivity contribution is 6.06. The van der Waals surface area contributed by atoms with E-state index in [-0.39, 0.29) is 18.9 Å². The number of anilines is 1. The summed E-state index contributed by atoms with van der Waals surface area (Å²) < 4.78 is 0. The zero-order chi connectivity index (χ0) is 15.2. The molecule has 108 valence electrons. The van der Waals surface area contributed by atoms with Crippen LogP contribution in [0.15, 0.2) is 48.8 Å². The Bertz CT molecular complexity index is 641. The lowest BCUT2D eigenvalue weighted by molar-refractivity contribution is -0.136. The largest absolute Gasteiger partial charge is 0.481 e. The van der Waals surface area contributed by atoms with Crippen molar-refractivity contribution in [3.63, 3.8) is 0 Å². The van der Waals surface area contributed by atoms with Crippen LogP contribution in [0.4, 0.5) is 5.69 Å². The second-order valence-electron chi connectivity index (χ2n) is 4.68. The van der Waals surface area contributed by atoms with Gasteiger partial charge in [-0.2, -0.15) is 0 Å². The van der Waals surface area contributed by atoms with Gasteiger partial charge in [-0.15, -0.1) is 0 Å². The maximum Gasteiger partial charge on any atom is 0.305 e. The first-order valence-corrected chi connectivity index (χ1v) is 6.58. The number of carbonyl (C=O) groups is 2. The Labute approximate surface area is 122 Å². The smallest absolute Gasteiger partial charge is 0.305 e. The van der Waals surface area contributed by atoms with Gasteiger partial charge in [0.1, 0.15) is 0 Å². The number of nitrogens with zero attached hydrogens (tertiary/aromatic N) is 2. The molecule has 0 aliphatic carbocycles. The number of hydrogen-bond donors (Lipinski definition) is 1. The molecule has 0 atom stereocenters. The minimum atomic E-state index is -0.935. The minimum Gasteiger partial charge on any atom is -0.481 e. The van der Waals surface area contributed by atoms with Crippen LogP contribution < -0.4 is 4.90 Å². The normalized spacial score (nSPS) is 10.1. The fourth-order valence-corrected chi connectivity index (χ4v) is 2.00. The average molecular weight is 284 g/mol. The van der Waals surface area contributed by atoms with Crippen LogP contribution in [0.2, 0.25) is 0 Å². The molecule has 0 aliphatic rings. The second-order valence-corrected chi connectivity index (χ2v) is 4.68. The summed E-state index contributed by atoms with van der Waals surface area (Å²) in [6.45, 7) is 2.05. The number of benzene rings is 1. The molecular weight excluding hydrogens is 268 g/mol. The number of carboxylic acid groups (broad SMARTS) is 1. The first-order chi connectivity index (χ1) is 10.1. The predicted molar refractivity (Wildman–Crippen MR) is 79.3 cm³/mol. The van der Waals surface area contributed by atoms with Crippen molar-refractivity contribution in [1.29, 1.82) is 0 Å². The lowest BCUT2D eigenvalue weighted by atomic mass is 10.1. The van der Waals surface area contributed by atoms with Crippen molar-refractivity contribution in [1.82, 2.24) is 4.98 Å². The quantitative estimate of drug-likeness (QED) is 0.915. The molecule has 0 bridgehead atoms. The summed E-state index contributed by atoms with van der Waals surface area (Å²) in [5, 5.41) is 8.87. The summed E-state index contributed by atoms with van der Waals surface area (Å²) >= 11 is 0. The maximum absolute atomic E-state index is 12.6. The van der Waals surface area contributed by atoms with Crippen LogP contribution in [0.3, 0.4) is 0 Å². The number of aromatic nitrogens is 1. The molecule has 5 nitrogen and oxygen atoms in total. The summed E-state index contributed by atoms with van der Waals surface area (Å²) in [6.07, 6.45) is 2.97. The zero-order valence-corrected chi connectivity index (χ0v) is 11.7. The molecule has 1 aromatic heterocycles. The highest BCUT2D eigenvalue weighted by Gasteiger charge is 2.18. The van der Waals surface area contributed by atoms with Gasteiger partial charge in [0.2, 0.25) is 0 Å². The van der Waals surface area contributed by atoms with Crippen LogP contribution in [-0.4, -0.2) is 28.5 Å². The van der Waals surface area contributed by atoms with Gasteiger partial charge in [-0.3, -0.25) is 14.6 Å². The van der Waals surface area contributed by atoms with Gasteiger partial charge < -0.3 is 10.0 Å². The van der Waals surface area contributed by atoms with E-state index in [1.807, 2.05) is 25.1 Å². The van der Waals surface area contributed by atoms with E-state index < -0.39 is 5.97 Å². The summed E-state index contributed by atoms with van der Waals surface area (Å²) in [7, 11) is 0. The van der Waals surface area contributed by atoms with Gasteiger partial charge in [-0.25, -0.2) is 0 Å². The number of pyridine rings is 1. The molecule has 1 N–H and O–H groups in total. The molecule has 1 heterocycles. The molecule has 0 saturated carbocycles. The van der Waals surface area contributed by atoms with Gasteiger partial charge in [0.15, 0.2) is 0 Å². The van der Waals surface area contributed by atoms with Crippen molar-refractivity contribution >= 4 is 17.6 Å². The molecule has 0 spiro atoms. The van der Waals surface area contributed by atoms with Crippen LogP contribution in [0, 0.1) is 6.92 Å². The van der Waals surface area contributed by atoms with Gasteiger partial charge in [0.25, 0.3) is 5.91 Å². The molecule has 1 aromatic carbocycles. The number of carboxylic acids is 1. The highest BCUT2D eigenvalue weighted by Crippen LogP contribution is 2.19. The molecular formula is C16H16N2O3.